The lowest BCUT2D eigenvalue weighted by Crippen LogP contribution is -2.49. The van der Waals surface area contributed by atoms with Crippen LogP contribution >= 0.6 is 0 Å². The number of halogens is 1. The fourth-order valence-electron chi connectivity index (χ4n) is 2.23. The summed E-state index contributed by atoms with van der Waals surface area (Å²) in [7, 11) is -3.89. The molecule has 1 fully saturated rings. The summed E-state index contributed by atoms with van der Waals surface area (Å²) in [6, 6.07) is 2.24. The van der Waals surface area contributed by atoms with Gasteiger partial charge < -0.3 is 5.73 Å². The maximum absolute atomic E-state index is 13.5. The molecular formula is C11H16FN3O2S. The van der Waals surface area contributed by atoms with E-state index in [9.17, 15) is 12.8 Å². The molecule has 2 atom stereocenters. The molecule has 100 valence electrons. The van der Waals surface area contributed by atoms with Crippen LogP contribution in [0.25, 0.3) is 0 Å². The van der Waals surface area contributed by atoms with E-state index >= 15 is 0 Å². The van der Waals surface area contributed by atoms with Crippen molar-refractivity contribution < 1.29 is 12.8 Å². The van der Waals surface area contributed by atoms with Crippen LogP contribution in [0.1, 0.15) is 13.3 Å². The van der Waals surface area contributed by atoms with Crippen molar-refractivity contribution in [1.82, 2.24) is 9.29 Å². The number of rotatable bonds is 2. The van der Waals surface area contributed by atoms with E-state index in [1.54, 1.807) is 0 Å². The number of nitrogens with two attached hydrogens (primary N) is 1. The Morgan fingerprint density at radius 3 is 2.83 bits per heavy atom. The minimum atomic E-state index is -3.89. The van der Waals surface area contributed by atoms with Crippen molar-refractivity contribution in [2.24, 2.45) is 11.7 Å². The van der Waals surface area contributed by atoms with Crippen molar-refractivity contribution in [2.75, 3.05) is 13.1 Å². The molecule has 2 heterocycles. The van der Waals surface area contributed by atoms with Crippen molar-refractivity contribution in [3.63, 3.8) is 0 Å². The molecule has 1 aliphatic heterocycles. The summed E-state index contributed by atoms with van der Waals surface area (Å²) in [6.07, 6.45) is 2.04. The largest absolute Gasteiger partial charge is 0.326 e. The number of pyridine rings is 1. The summed E-state index contributed by atoms with van der Waals surface area (Å²) in [5.41, 5.74) is 5.81. The lowest BCUT2D eigenvalue weighted by molar-refractivity contribution is 0.253. The molecule has 1 aromatic rings. The van der Waals surface area contributed by atoms with Crippen molar-refractivity contribution >= 4 is 10.0 Å². The predicted molar refractivity (Wildman–Crippen MR) is 64.7 cm³/mol. The lowest BCUT2D eigenvalue weighted by atomic mass is 9.99. The topological polar surface area (TPSA) is 76.3 Å². The third-order valence-corrected chi connectivity index (χ3v) is 4.73. The van der Waals surface area contributed by atoms with Crippen LogP contribution in [-0.2, 0) is 10.0 Å². The van der Waals surface area contributed by atoms with Gasteiger partial charge in [-0.1, -0.05) is 6.92 Å². The second-order valence-corrected chi connectivity index (χ2v) is 6.57. The number of aromatic nitrogens is 1. The highest BCUT2D eigenvalue weighted by atomic mass is 32.2. The van der Waals surface area contributed by atoms with Crippen LogP contribution in [0.3, 0.4) is 0 Å². The third-order valence-electron chi connectivity index (χ3n) is 2.97. The van der Waals surface area contributed by atoms with Crippen LogP contribution in [0, 0.1) is 11.7 Å². The number of sulfonamides is 1. The molecule has 2 N–H and O–H groups in total. The van der Waals surface area contributed by atoms with Gasteiger partial charge in [-0.15, -0.1) is 0 Å². The first-order valence-electron chi connectivity index (χ1n) is 5.77. The van der Waals surface area contributed by atoms with Gasteiger partial charge >= 0.3 is 0 Å². The molecule has 1 aromatic heterocycles. The number of piperidine rings is 1. The Labute approximate surface area is 106 Å². The first-order valence-corrected chi connectivity index (χ1v) is 7.21. The molecule has 5 nitrogen and oxygen atoms in total. The zero-order chi connectivity index (χ0) is 13.3. The summed E-state index contributed by atoms with van der Waals surface area (Å²) < 4.78 is 39.3. The van der Waals surface area contributed by atoms with Gasteiger partial charge in [-0.05, 0) is 24.5 Å². The lowest BCUT2D eigenvalue weighted by Gasteiger charge is -2.33. The van der Waals surface area contributed by atoms with Crippen LogP contribution in [0.2, 0.25) is 0 Å². The average Bonchev–Trinajstić information content (AvgIpc) is 2.28. The molecule has 2 rings (SSSR count). The molecule has 0 saturated carbocycles. The standard InChI is InChI=1S/C11H16FN3O2S/c1-8-5-9(13)7-15(6-8)18(16,17)11-10(12)3-2-4-14-11/h2-4,8-9H,5-7,13H2,1H3. The number of hydrogen-bond acceptors (Lipinski definition) is 4. The van der Waals surface area contributed by atoms with Gasteiger partial charge in [-0.25, -0.2) is 17.8 Å². The van der Waals surface area contributed by atoms with Gasteiger partial charge in [0.1, 0.15) is 0 Å². The fourth-order valence-corrected chi connectivity index (χ4v) is 3.82. The fraction of sp³-hybridized carbons (Fsp3) is 0.545. The van der Waals surface area contributed by atoms with Gasteiger partial charge in [0.15, 0.2) is 5.82 Å². The molecule has 1 saturated heterocycles. The van der Waals surface area contributed by atoms with E-state index in [2.05, 4.69) is 4.98 Å². The van der Waals surface area contributed by atoms with Crippen LogP contribution in [-0.4, -0.2) is 36.8 Å². The summed E-state index contributed by atoms with van der Waals surface area (Å²) in [6.45, 7) is 2.49. The molecule has 1 aliphatic rings. The monoisotopic (exact) mass is 273 g/mol. The van der Waals surface area contributed by atoms with E-state index in [4.69, 9.17) is 5.73 Å². The Kier molecular flexibility index (Phi) is 3.65. The third kappa shape index (κ3) is 2.52. The Morgan fingerprint density at radius 1 is 1.50 bits per heavy atom. The minimum Gasteiger partial charge on any atom is -0.326 e. The molecular weight excluding hydrogens is 257 g/mol. The predicted octanol–water partition coefficient (Wildman–Crippen LogP) is 0.579. The highest BCUT2D eigenvalue weighted by molar-refractivity contribution is 7.89. The molecule has 0 amide bonds. The SMILES string of the molecule is CC1CC(N)CN(S(=O)(=O)c2ncccc2F)C1. The minimum absolute atomic E-state index is 0.162. The maximum atomic E-state index is 13.5. The normalized spacial score (nSPS) is 26.2. The molecule has 0 aromatic carbocycles. The van der Waals surface area contributed by atoms with Gasteiger partial charge in [0.25, 0.3) is 10.0 Å². The zero-order valence-corrected chi connectivity index (χ0v) is 10.9. The van der Waals surface area contributed by atoms with Crippen LogP contribution < -0.4 is 5.73 Å². The van der Waals surface area contributed by atoms with Crippen LogP contribution in [0.5, 0.6) is 0 Å². The van der Waals surface area contributed by atoms with Gasteiger partial charge in [-0.2, -0.15) is 4.31 Å². The molecule has 7 heteroatoms. The zero-order valence-electron chi connectivity index (χ0n) is 10.1. The number of nitrogens with zero attached hydrogens (tertiary/aromatic N) is 2. The molecule has 0 radical (unpaired) electrons. The van der Waals surface area contributed by atoms with Crippen LogP contribution in [0.15, 0.2) is 23.4 Å². The van der Waals surface area contributed by atoms with Crippen molar-refractivity contribution in [3.05, 3.63) is 24.1 Å². The molecule has 2 unspecified atom stereocenters. The van der Waals surface area contributed by atoms with Crippen molar-refractivity contribution in [3.8, 4) is 0 Å². The van der Waals surface area contributed by atoms with Gasteiger partial charge in [0, 0.05) is 25.3 Å². The van der Waals surface area contributed by atoms with Crippen LogP contribution in [0.4, 0.5) is 4.39 Å². The van der Waals surface area contributed by atoms with E-state index in [0.29, 0.717) is 6.54 Å². The number of hydrogen-bond donors (Lipinski definition) is 1. The first kappa shape index (κ1) is 13.4. The van der Waals surface area contributed by atoms with Gasteiger partial charge in [0.2, 0.25) is 5.03 Å². The van der Waals surface area contributed by atoms with E-state index in [0.717, 1.165) is 12.5 Å². The smallest absolute Gasteiger partial charge is 0.263 e. The second-order valence-electron chi connectivity index (χ2n) is 4.71. The van der Waals surface area contributed by atoms with E-state index < -0.39 is 20.9 Å². The summed E-state index contributed by atoms with van der Waals surface area (Å²) >= 11 is 0. The Bertz CT molecular complexity index is 525. The van der Waals surface area contributed by atoms with Gasteiger partial charge in [-0.3, -0.25) is 0 Å². The molecule has 0 aliphatic carbocycles. The van der Waals surface area contributed by atoms with Crippen molar-refractivity contribution in [2.45, 2.75) is 24.4 Å². The first-order chi connectivity index (χ1) is 8.41. The Balaban J connectivity index is 2.34. The maximum Gasteiger partial charge on any atom is 0.263 e. The molecule has 0 spiro atoms. The molecule has 18 heavy (non-hydrogen) atoms. The average molecular weight is 273 g/mol. The quantitative estimate of drug-likeness (QED) is 0.855. The highest BCUT2D eigenvalue weighted by Crippen LogP contribution is 2.23. The molecule has 0 bridgehead atoms. The second kappa shape index (κ2) is 4.91. The summed E-state index contributed by atoms with van der Waals surface area (Å²) in [5.74, 6) is -0.667. The van der Waals surface area contributed by atoms with E-state index in [-0.39, 0.29) is 18.5 Å². The van der Waals surface area contributed by atoms with E-state index in [1.165, 1.54) is 16.6 Å². The Hall–Kier alpha value is -1.05. The van der Waals surface area contributed by atoms with Gasteiger partial charge in [0.05, 0.1) is 0 Å². The van der Waals surface area contributed by atoms with E-state index in [1.807, 2.05) is 6.92 Å². The summed E-state index contributed by atoms with van der Waals surface area (Å²) in [5, 5.41) is -0.522. The Morgan fingerprint density at radius 2 is 2.22 bits per heavy atom. The highest BCUT2D eigenvalue weighted by Gasteiger charge is 2.34. The summed E-state index contributed by atoms with van der Waals surface area (Å²) in [4.78, 5) is 3.63. The van der Waals surface area contributed by atoms with Crippen molar-refractivity contribution in [1.29, 1.82) is 0 Å².